The molecule has 22 heavy (non-hydrogen) atoms. The topological polar surface area (TPSA) is 98.3 Å². The van der Waals surface area contributed by atoms with Gasteiger partial charge in [0.2, 0.25) is 10.0 Å². The van der Waals surface area contributed by atoms with E-state index in [1.807, 2.05) is 11.6 Å². The number of rotatable bonds is 3. The molecule has 0 saturated carbocycles. The summed E-state index contributed by atoms with van der Waals surface area (Å²) >= 11 is 0. The number of nitro benzene ring substituents is 1. The maximum Gasteiger partial charge on any atom is 0.269 e. The second kappa shape index (κ2) is 5.18. The fourth-order valence-electron chi connectivity index (χ4n) is 2.49. The van der Waals surface area contributed by atoms with Crippen LogP contribution in [-0.4, -0.2) is 33.7 Å². The van der Waals surface area contributed by atoms with Gasteiger partial charge in [-0.05, 0) is 12.1 Å². The standard InChI is InChI=1S/C13H14N4O4S/c1-15-9-14-12-6-7-16(8-13(12)15)22(20,21)11-4-2-10(3-5-11)17(18)19/h2-5,9H,6-8H2,1H3. The minimum absolute atomic E-state index is 0.0590. The van der Waals surface area contributed by atoms with E-state index < -0.39 is 14.9 Å². The van der Waals surface area contributed by atoms with E-state index in [2.05, 4.69) is 4.98 Å². The molecule has 1 aromatic heterocycles. The van der Waals surface area contributed by atoms with Crippen LogP contribution in [0.2, 0.25) is 0 Å². The summed E-state index contributed by atoms with van der Waals surface area (Å²) in [7, 11) is -1.85. The van der Waals surface area contributed by atoms with Crippen molar-refractivity contribution in [2.75, 3.05) is 6.54 Å². The Morgan fingerprint density at radius 2 is 1.95 bits per heavy atom. The van der Waals surface area contributed by atoms with Crippen molar-refractivity contribution in [3.8, 4) is 0 Å². The molecule has 0 saturated heterocycles. The lowest BCUT2D eigenvalue weighted by Gasteiger charge is -2.26. The molecule has 0 amide bonds. The Morgan fingerprint density at radius 1 is 1.27 bits per heavy atom. The van der Waals surface area contributed by atoms with Gasteiger partial charge in [-0.1, -0.05) is 0 Å². The van der Waals surface area contributed by atoms with Gasteiger partial charge >= 0.3 is 0 Å². The van der Waals surface area contributed by atoms with Crippen LogP contribution in [0.5, 0.6) is 0 Å². The number of hydrogen-bond donors (Lipinski definition) is 0. The number of aryl methyl sites for hydroxylation is 1. The average Bonchev–Trinajstić information content (AvgIpc) is 2.88. The molecule has 1 aromatic carbocycles. The lowest BCUT2D eigenvalue weighted by atomic mass is 10.2. The van der Waals surface area contributed by atoms with E-state index in [1.54, 1.807) is 6.33 Å². The summed E-state index contributed by atoms with van der Waals surface area (Å²) in [5.41, 5.74) is 1.65. The molecule has 9 heteroatoms. The van der Waals surface area contributed by atoms with Crippen molar-refractivity contribution in [2.45, 2.75) is 17.9 Å². The molecular formula is C13H14N4O4S. The number of nitro groups is 1. The first-order valence-electron chi connectivity index (χ1n) is 6.63. The van der Waals surface area contributed by atoms with Crippen LogP contribution in [0.3, 0.4) is 0 Å². The molecule has 116 valence electrons. The fraction of sp³-hybridized carbons (Fsp3) is 0.308. The van der Waals surface area contributed by atoms with E-state index in [0.29, 0.717) is 13.0 Å². The number of imidazole rings is 1. The molecule has 2 aromatic rings. The van der Waals surface area contributed by atoms with Crippen LogP contribution in [0.1, 0.15) is 11.4 Å². The Bertz CT molecular complexity index is 826. The number of aromatic nitrogens is 2. The van der Waals surface area contributed by atoms with Gasteiger partial charge in [0.05, 0.1) is 34.1 Å². The molecule has 0 aliphatic carbocycles. The van der Waals surface area contributed by atoms with Crippen molar-refractivity contribution in [1.29, 1.82) is 0 Å². The Hall–Kier alpha value is -2.26. The van der Waals surface area contributed by atoms with Gasteiger partial charge in [-0.3, -0.25) is 10.1 Å². The fourth-order valence-corrected chi connectivity index (χ4v) is 3.89. The monoisotopic (exact) mass is 322 g/mol. The summed E-state index contributed by atoms with van der Waals surface area (Å²) in [6, 6.07) is 4.94. The third kappa shape index (κ3) is 2.38. The zero-order valence-corrected chi connectivity index (χ0v) is 12.7. The number of non-ortho nitro benzene ring substituents is 1. The van der Waals surface area contributed by atoms with Crippen molar-refractivity contribution in [2.24, 2.45) is 7.05 Å². The molecule has 2 heterocycles. The number of nitrogens with zero attached hydrogens (tertiary/aromatic N) is 4. The molecular weight excluding hydrogens is 308 g/mol. The Morgan fingerprint density at radius 3 is 2.59 bits per heavy atom. The lowest BCUT2D eigenvalue weighted by molar-refractivity contribution is -0.384. The van der Waals surface area contributed by atoms with Gasteiger partial charge in [-0.25, -0.2) is 13.4 Å². The number of fused-ring (bicyclic) bond motifs is 1. The molecule has 0 radical (unpaired) electrons. The average molecular weight is 322 g/mol. The number of hydrogen-bond acceptors (Lipinski definition) is 5. The van der Waals surface area contributed by atoms with Crippen LogP contribution in [-0.2, 0) is 30.0 Å². The molecule has 0 fully saturated rings. The van der Waals surface area contributed by atoms with Gasteiger partial charge in [0.1, 0.15) is 0 Å². The highest BCUT2D eigenvalue weighted by molar-refractivity contribution is 7.89. The van der Waals surface area contributed by atoms with Crippen LogP contribution in [0, 0.1) is 10.1 Å². The summed E-state index contributed by atoms with van der Waals surface area (Å²) in [5.74, 6) is 0. The Labute approximate surface area is 127 Å². The molecule has 0 unspecified atom stereocenters. The van der Waals surface area contributed by atoms with Crippen LogP contribution < -0.4 is 0 Å². The van der Waals surface area contributed by atoms with Crippen molar-refractivity contribution in [3.63, 3.8) is 0 Å². The smallest absolute Gasteiger partial charge is 0.269 e. The van der Waals surface area contributed by atoms with Gasteiger partial charge in [0.15, 0.2) is 0 Å². The zero-order valence-electron chi connectivity index (χ0n) is 11.8. The number of benzene rings is 1. The van der Waals surface area contributed by atoms with Crippen LogP contribution in [0.4, 0.5) is 5.69 Å². The predicted octanol–water partition coefficient (Wildman–Crippen LogP) is 1.08. The van der Waals surface area contributed by atoms with E-state index in [-0.39, 0.29) is 17.1 Å². The SMILES string of the molecule is Cn1cnc2c1CN(S(=O)(=O)c1ccc([N+](=O)[O-])cc1)CC2. The molecule has 1 aliphatic heterocycles. The maximum atomic E-state index is 12.6. The first-order chi connectivity index (χ1) is 10.4. The Balaban J connectivity index is 1.90. The zero-order chi connectivity index (χ0) is 15.9. The highest BCUT2D eigenvalue weighted by Gasteiger charge is 2.30. The van der Waals surface area contributed by atoms with Crippen molar-refractivity contribution < 1.29 is 13.3 Å². The van der Waals surface area contributed by atoms with Crippen molar-refractivity contribution >= 4 is 15.7 Å². The third-order valence-electron chi connectivity index (χ3n) is 3.76. The van der Waals surface area contributed by atoms with E-state index in [9.17, 15) is 18.5 Å². The third-order valence-corrected chi connectivity index (χ3v) is 5.61. The number of sulfonamides is 1. The van der Waals surface area contributed by atoms with E-state index in [0.717, 1.165) is 11.4 Å². The first kappa shape index (κ1) is 14.7. The summed E-state index contributed by atoms with van der Waals surface area (Å²) in [4.78, 5) is 14.4. The normalized spacial score (nSPS) is 15.5. The molecule has 0 N–H and O–H groups in total. The summed E-state index contributed by atoms with van der Waals surface area (Å²) in [6.07, 6.45) is 2.23. The molecule has 1 aliphatic rings. The maximum absolute atomic E-state index is 12.6. The quantitative estimate of drug-likeness (QED) is 0.622. The second-order valence-corrected chi connectivity index (χ2v) is 7.03. The molecule has 0 bridgehead atoms. The van der Waals surface area contributed by atoms with Gasteiger partial charge in [0.25, 0.3) is 5.69 Å². The van der Waals surface area contributed by atoms with Crippen LogP contribution in [0.25, 0.3) is 0 Å². The highest BCUT2D eigenvalue weighted by Crippen LogP contribution is 2.25. The Kier molecular flexibility index (Phi) is 3.45. The molecule has 8 nitrogen and oxygen atoms in total. The van der Waals surface area contributed by atoms with Gasteiger partial charge in [0, 0.05) is 32.1 Å². The van der Waals surface area contributed by atoms with Gasteiger partial charge < -0.3 is 4.57 Å². The largest absolute Gasteiger partial charge is 0.336 e. The van der Waals surface area contributed by atoms with E-state index in [4.69, 9.17) is 0 Å². The molecule has 0 atom stereocenters. The first-order valence-corrected chi connectivity index (χ1v) is 8.07. The van der Waals surface area contributed by atoms with Crippen molar-refractivity contribution in [3.05, 3.63) is 52.1 Å². The van der Waals surface area contributed by atoms with Crippen LogP contribution in [0.15, 0.2) is 35.5 Å². The minimum Gasteiger partial charge on any atom is -0.336 e. The van der Waals surface area contributed by atoms with Crippen molar-refractivity contribution in [1.82, 2.24) is 13.9 Å². The summed E-state index contributed by atoms with van der Waals surface area (Å²) < 4.78 is 28.5. The second-order valence-electron chi connectivity index (χ2n) is 5.09. The highest BCUT2D eigenvalue weighted by atomic mass is 32.2. The van der Waals surface area contributed by atoms with Gasteiger partial charge in [-0.2, -0.15) is 4.31 Å². The molecule has 3 rings (SSSR count). The lowest BCUT2D eigenvalue weighted by Crippen LogP contribution is -2.36. The van der Waals surface area contributed by atoms with E-state index in [1.165, 1.54) is 28.6 Å². The summed E-state index contributed by atoms with van der Waals surface area (Å²) in [5, 5.41) is 10.6. The van der Waals surface area contributed by atoms with Crippen LogP contribution >= 0.6 is 0 Å². The molecule has 0 spiro atoms. The van der Waals surface area contributed by atoms with E-state index >= 15 is 0 Å². The summed E-state index contributed by atoms with van der Waals surface area (Å²) in [6.45, 7) is 0.606. The van der Waals surface area contributed by atoms with Gasteiger partial charge in [-0.15, -0.1) is 0 Å². The predicted molar refractivity (Wildman–Crippen MR) is 77.6 cm³/mol. The minimum atomic E-state index is -3.67.